The summed E-state index contributed by atoms with van der Waals surface area (Å²) in [6, 6.07) is 12.7. The lowest BCUT2D eigenvalue weighted by atomic mass is 10.2. The van der Waals surface area contributed by atoms with Crippen molar-refractivity contribution >= 4 is 21.4 Å². The van der Waals surface area contributed by atoms with E-state index in [1.54, 1.807) is 36.4 Å². The molecule has 0 heterocycles. The smallest absolute Gasteiger partial charge is 0.236 e. The first-order valence-corrected chi connectivity index (χ1v) is 7.24. The maximum Gasteiger partial charge on any atom is 0.236 e. The molecule has 2 aromatic carbocycles. The van der Waals surface area contributed by atoms with Crippen molar-refractivity contribution in [3.8, 4) is 5.75 Å². The van der Waals surface area contributed by atoms with E-state index in [9.17, 15) is 13.5 Å². The molecule has 0 aliphatic heterocycles. The van der Waals surface area contributed by atoms with Gasteiger partial charge in [0.25, 0.3) is 0 Å². The van der Waals surface area contributed by atoms with Gasteiger partial charge in [-0.3, -0.25) is 4.72 Å². The Morgan fingerprint density at radius 3 is 2.53 bits per heavy atom. The fourth-order valence-electron chi connectivity index (χ4n) is 1.66. The number of phenolic OH excluding ortho intramolecular Hbond substituents is 1. The molecule has 2 rings (SSSR count). The van der Waals surface area contributed by atoms with Crippen LogP contribution in [0.1, 0.15) is 5.56 Å². The molecule has 0 amide bonds. The van der Waals surface area contributed by atoms with Crippen molar-refractivity contribution < 1.29 is 13.5 Å². The molecule has 0 aromatic heterocycles. The van der Waals surface area contributed by atoms with Gasteiger partial charge in [-0.25, -0.2) is 8.42 Å². The third kappa shape index (κ3) is 3.62. The highest BCUT2D eigenvalue weighted by molar-refractivity contribution is 7.91. The number of anilines is 2. The Labute approximate surface area is 111 Å². The lowest BCUT2D eigenvalue weighted by Gasteiger charge is -2.09. The molecule has 0 saturated heterocycles. The Bertz CT molecular complexity index is 684. The molecule has 0 aliphatic carbocycles. The fraction of sp³-hybridized carbons (Fsp3) is 0.0769. The number of hydrogen-bond donors (Lipinski definition) is 3. The first-order valence-electron chi connectivity index (χ1n) is 5.59. The third-order valence-corrected chi connectivity index (χ3v) is 3.76. The van der Waals surface area contributed by atoms with Crippen LogP contribution in [0.4, 0.5) is 11.4 Å². The molecule has 0 saturated carbocycles. The number of sulfonamides is 1. The maximum atomic E-state index is 12.0. The summed E-state index contributed by atoms with van der Waals surface area (Å²) in [5.41, 5.74) is 7.00. The van der Waals surface area contributed by atoms with Crippen molar-refractivity contribution in [2.75, 3.05) is 10.5 Å². The Morgan fingerprint density at radius 2 is 1.84 bits per heavy atom. The Balaban J connectivity index is 2.18. The van der Waals surface area contributed by atoms with E-state index in [0.29, 0.717) is 16.9 Å². The van der Waals surface area contributed by atoms with Crippen LogP contribution in [0.15, 0.2) is 48.5 Å². The van der Waals surface area contributed by atoms with Crippen molar-refractivity contribution in [1.29, 1.82) is 0 Å². The zero-order valence-electron chi connectivity index (χ0n) is 10.1. The molecule has 0 fully saturated rings. The molecule has 19 heavy (non-hydrogen) atoms. The van der Waals surface area contributed by atoms with E-state index in [2.05, 4.69) is 4.72 Å². The van der Waals surface area contributed by atoms with Gasteiger partial charge in [0.2, 0.25) is 10.0 Å². The summed E-state index contributed by atoms with van der Waals surface area (Å²) in [4.78, 5) is 0. The van der Waals surface area contributed by atoms with Crippen LogP contribution in [0.5, 0.6) is 5.75 Å². The zero-order valence-corrected chi connectivity index (χ0v) is 10.9. The van der Waals surface area contributed by atoms with E-state index in [0.717, 1.165) is 0 Å². The van der Waals surface area contributed by atoms with Gasteiger partial charge in [-0.15, -0.1) is 0 Å². The highest BCUT2D eigenvalue weighted by atomic mass is 32.2. The molecule has 0 unspecified atom stereocenters. The summed E-state index contributed by atoms with van der Waals surface area (Å²) in [6.45, 7) is 0. The molecular weight excluding hydrogens is 264 g/mol. The van der Waals surface area contributed by atoms with Crippen LogP contribution in [0.25, 0.3) is 0 Å². The Morgan fingerprint density at radius 1 is 1.11 bits per heavy atom. The second-order valence-electron chi connectivity index (χ2n) is 4.11. The summed E-state index contributed by atoms with van der Waals surface area (Å²) in [6.07, 6.45) is 0. The number of nitrogens with one attached hydrogen (secondary N) is 1. The average Bonchev–Trinajstić information content (AvgIpc) is 2.31. The summed E-state index contributed by atoms with van der Waals surface area (Å²) >= 11 is 0. The molecule has 0 bridgehead atoms. The lowest BCUT2D eigenvalue weighted by molar-refractivity contribution is 0.475. The average molecular weight is 278 g/mol. The maximum absolute atomic E-state index is 12.0. The predicted octanol–water partition coefficient (Wildman–Crippen LogP) is 1.92. The SMILES string of the molecule is Nc1ccccc1CS(=O)(=O)Nc1cccc(O)c1. The minimum atomic E-state index is -3.57. The van der Waals surface area contributed by atoms with Crippen molar-refractivity contribution in [3.63, 3.8) is 0 Å². The standard InChI is InChI=1S/C13H14N2O3S/c14-13-7-2-1-4-10(13)9-19(17,18)15-11-5-3-6-12(16)8-11/h1-8,15-16H,9,14H2. The first kappa shape index (κ1) is 13.2. The van der Waals surface area contributed by atoms with Gasteiger partial charge >= 0.3 is 0 Å². The van der Waals surface area contributed by atoms with Crippen LogP contribution in [0.3, 0.4) is 0 Å². The summed E-state index contributed by atoms with van der Waals surface area (Å²) in [7, 11) is -3.57. The first-order chi connectivity index (χ1) is 8.96. The molecule has 0 radical (unpaired) electrons. The second kappa shape index (κ2) is 5.19. The van der Waals surface area contributed by atoms with Gasteiger partial charge in [0.05, 0.1) is 11.4 Å². The number of benzene rings is 2. The van der Waals surface area contributed by atoms with E-state index in [1.165, 1.54) is 12.1 Å². The number of nitrogens with two attached hydrogens (primary N) is 1. The summed E-state index contributed by atoms with van der Waals surface area (Å²) < 4.78 is 26.4. The van der Waals surface area contributed by atoms with Gasteiger partial charge in [0.1, 0.15) is 5.75 Å². The summed E-state index contributed by atoms with van der Waals surface area (Å²) in [5.74, 6) is -0.213. The minimum Gasteiger partial charge on any atom is -0.508 e. The van der Waals surface area contributed by atoms with E-state index in [1.807, 2.05) is 0 Å². The third-order valence-electron chi connectivity index (χ3n) is 2.52. The molecule has 0 aliphatic rings. The number of nitrogen functional groups attached to an aromatic ring is 1. The van der Waals surface area contributed by atoms with E-state index in [-0.39, 0.29) is 11.5 Å². The molecule has 100 valence electrons. The fourth-order valence-corrected chi connectivity index (χ4v) is 2.89. The van der Waals surface area contributed by atoms with Gasteiger partial charge < -0.3 is 10.8 Å². The van der Waals surface area contributed by atoms with Crippen molar-refractivity contribution in [2.24, 2.45) is 0 Å². The molecule has 5 nitrogen and oxygen atoms in total. The molecule has 0 atom stereocenters. The highest BCUT2D eigenvalue weighted by Gasteiger charge is 2.13. The van der Waals surface area contributed by atoms with Crippen LogP contribution in [-0.4, -0.2) is 13.5 Å². The molecule has 4 N–H and O–H groups in total. The molecule has 0 spiro atoms. The largest absolute Gasteiger partial charge is 0.508 e. The number of phenols is 1. The zero-order chi connectivity index (χ0) is 13.9. The van der Waals surface area contributed by atoms with Gasteiger partial charge in [0.15, 0.2) is 0 Å². The molecule has 6 heteroatoms. The Hall–Kier alpha value is -2.21. The van der Waals surface area contributed by atoms with Gasteiger partial charge in [-0.05, 0) is 23.8 Å². The van der Waals surface area contributed by atoms with Crippen molar-refractivity contribution in [1.82, 2.24) is 0 Å². The monoisotopic (exact) mass is 278 g/mol. The van der Waals surface area contributed by atoms with Gasteiger partial charge in [-0.1, -0.05) is 24.3 Å². The molecular formula is C13H14N2O3S. The number of aromatic hydroxyl groups is 1. The Kier molecular flexibility index (Phi) is 3.62. The van der Waals surface area contributed by atoms with Crippen molar-refractivity contribution in [2.45, 2.75) is 5.75 Å². The van der Waals surface area contributed by atoms with Crippen molar-refractivity contribution in [3.05, 3.63) is 54.1 Å². The van der Waals surface area contributed by atoms with E-state index < -0.39 is 10.0 Å². The van der Waals surface area contributed by atoms with Crippen LogP contribution in [0, 0.1) is 0 Å². The normalized spacial score (nSPS) is 11.2. The number of para-hydroxylation sites is 1. The lowest BCUT2D eigenvalue weighted by Crippen LogP contribution is -2.15. The van der Waals surface area contributed by atoms with E-state index >= 15 is 0 Å². The van der Waals surface area contributed by atoms with Gasteiger partial charge in [-0.2, -0.15) is 0 Å². The van der Waals surface area contributed by atoms with Crippen LogP contribution in [-0.2, 0) is 15.8 Å². The van der Waals surface area contributed by atoms with Crippen LogP contribution < -0.4 is 10.5 Å². The summed E-state index contributed by atoms with van der Waals surface area (Å²) in [5, 5.41) is 9.29. The van der Waals surface area contributed by atoms with Crippen LogP contribution in [0.2, 0.25) is 0 Å². The molecule has 2 aromatic rings. The second-order valence-corrected chi connectivity index (χ2v) is 5.83. The number of rotatable bonds is 4. The quantitative estimate of drug-likeness (QED) is 0.745. The van der Waals surface area contributed by atoms with Crippen LogP contribution >= 0.6 is 0 Å². The minimum absolute atomic E-state index is 0.000532. The number of hydrogen-bond acceptors (Lipinski definition) is 4. The highest BCUT2D eigenvalue weighted by Crippen LogP contribution is 2.19. The van der Waals surface area contributed by atoms with Gasteiger partial charge in [0, 0.05) is 11.8 Å². The topological polar surface area (TPSA) is 92.4 Å². The predicted molar refractivity (Wildman–Crippen MR) is 75.2 cm³/mol. The van der Waals surface area contributed by atoms with E-state index in [4.69, 9.17) is 5.73 Å².